The SMILES string of the molecule is CCOC(=O)C1=C(C)N=c2s/c(=C\c3ccc(OCc4ccc(C(=O)O)cc4)cc3)c(=O)n2[C@H]1c1ccc(OC(C)C)c(OC)c1. The largest absolute Gasteiger partial charge is 0.493 e. The lowest BCUT2D eigenvalue weighted by atomic mass is 9.95. The molecule has 0 spiro atoms. The molecule has 0 fully saturated rings. The number of methoxy groups -OCH3 is 1. The van der Waals surface area contributed by atoms with E-state index in [9.17, 15) is 14.4 Å². The number of allylic oxidation sites excluding steroid dienone is 1. The molecule has 0 bridgehead atoms. The van der Waals surface area contributed by atoms with Crippen molar-refractivity contribution in [3.05, 3.63) is 120 Å². The van der Waals surface area contributed by atoms with Crippen LogP contribution < -0.4 is 29.1 Å². The Morgan fingerprint density at radius 1 is 1.04 bits per heavy atom. The number of rotatable bonds is 11. The Bertz CT molecular complexity index is 1970. The molecule has 0 saturated carbocycles. The number of hydrogen-bond acceptors (Lipinski definition) is 9. The van der Waals surface area contributed by atoms with E-state index in [0.29, 0.717) is 37.8 Å². The molecular weight excluding hydrogens is 608 g/mol. The number of ether oxygens (including phenoxy) is 4. The normalized spacial score (nSPS) is 14.5. The number of hydrogen-bond donors (Lipinski definition) is 1. The summed E-state index contributed by atoms with van der Waals surface area (Å²) in [6.45, 7) is 7.75. The fourth-order valence-corrected chi connectivity index (χ4v) is 6.08. The number of nitrogens with zero attached hydrogens (tertiary/aromatic N) is 2. The highest BCUT2D eigenvalue weighted by Gasteiger charge is 2.34. The van der Waals surface area contributed by atoms with Gasteiger partial charge < -0.3 is 24.1 Å². The van der Waals surface area contributed by atoms with E-state index < -0.39 is 18.0 Å². The molecule has 1 aromatic heterocycles. The lowest BCUT2D eigenvalue weighted by Gasteiger charge is -2.25. The fourth-order valence-electron chi connectivity index (χ4n) is 5.03. The maximum absolute atomic E-state index is 14.0. The molecule has 1 atom stereocenters. The smallest absolute Gasteiger partial charge is 0.338 e. The van der Waals surface area contributed by atoms with Crippen LogP contribution in [-0.4, -0.2) is 41.4 Å². The molecule has 10 nitrogen and oxygen atoms in total. The number of aromatic nitrogens is 1. The van der Waals surface area contributed by atoms with E-state index in [1.165, 1.54) is 28.0 Å². The molecule has 1 N–H and O–H groups in total. The number of carboxylic acids is 1. The average molecular weight is 643 g/mol. The second-order valence-corrected chi connectivity index (χ2v) is 11.7. The molecule has 0 unspecified atom stereocenters. The van der Waals surface area contributed by atoms with Gasteiger partial charge in [-0.15, -0.1) is 0 Å². The minimum absolute atomic E-state index is 0.0758. The first kappa shape index (κ1) is 32.2. The molecular formula is C35H34N2O8S. The topological polar surface area (TPSA) is 126 Å². The minimum atomic E-state index is -0.980. The van der Waals surface area contributed by atoms with Crippen molar-refractivity contribution >= 4 is 29.4 Å². The van der Waals surface area contributed by atoms with Gasteiger partial charge in [0, 0.05) is 0 Å². The first-order valence-corrected chi connectivity index (χ1v) is 15.5. The number of aromatic carboxylic acids is 1. The zero-order valence-corrected chi connectivity index (χ0v) is 26.9. The van der Waals surface area contributed by atoms with Crippen molar-refractivity contribution < 1.29 is 33.6 Å². The van der Waals surface area contributed by atoms with Crippen molar-refractivity contribution in [1.82, 2.24) is 4.57 Å². The summed E-state index contributed by atoms with van der Waals surface area (Å²) in [5.41, 5.74) is 2.92. The number of benzene rings is 3. The fraction of sp³-hybridized carbons (Fsp3) is 0.257. The molecule has 0 radical (unpaired) electrons. The third-order valence-corrected chi connectivity index (χ3v) is 8.15. The van der Waals surface area contributed by atoms with Gasteiger partial charge in [-0.3, -0.25) is 9.36 Å². The summed E-state index contributed by atoms with van der Waals surface area (Å²) in [5.74, 6) is 0.125. The van der Waals surface area contributed by atoms with E-state index >= 15 is 0 Å². The summed E-state index contributed by atoms with van der Waals surface area (Å²) in [6, 6.07) is 18.3. The summed E-state index contributed by atoms with van der Waals surface area (Å²) in [6.07, 6.45) is 1.70. The minimum Gasteiger partial charge on any atom is -0.493 e. The Labute approximate surface area is 269 Å². The van der Waals surface area contributed by atoms with Crippen LogP contribution in [0.3, 0.4) is 0 Å². The summed E-state index contributed by atoms with van der Waals surface area (Å²) >= 11 is 1.24. The van der Waals surface area contributed by atoms with Crippen LogP contribution in [0.5, 0.6) is 17.2 Å². The van der Waals surface area contributed by atoms with Crippen molar-refractivity contribution in [1.29, 1.82) is 0 Å². The van der Waals surface area contributed by atoms with Crippen LogP contribution in [0, 0.1) is 0 Å². The summed E-state index contributed by atoms with van der Waals surface area (Å²) in [4.78, 5) is 43.4. The summed E-state index contributed by atoms with van der Waals surface area (Å²) < 4.78 is 24.7. The molecule has 0 saturated heterocycles. The number of carbonyl (C=O) groups excluding carboxylic acids is 1. The first-order valence-electron chi connectivity index (χ1n) is 14.7. The lowest BCUT2D eigenvalue weighted by molar-refractivity contribution is -0.139. The van der Waals surface area contributed by atoms with Gasteiger partial charge in [0.25, 0.3) is 5.56 Å². The third kappa shape index (κ3) is 6.89. The quantitative estimate of drug-likeness (QED) is 0.230. The van der Waals surface area contributed by atoms with E-state index in [1.54, 1.807) is 63.4 Å². The third-order valence-electron chi connectivity index (χ3n) is 7.17. The molecule has 2 heterocycles. The van der Waals surface area contributed by atoms with E-state index in [-0.39, 0.29) is 36.0 Å². The van der Waals surface area contributed by atoms with Crippen molar-refractivity contribution in [2.75, 3.05) is 13.7 Å². The monoisotopic (exact) mass is 642 g/mol. The zero-order valence-electron chi connectivity index (χ0n) is 26.1. The second-order valence-electron chi connectivity index (χ2n) is 10.7. The Kier molecular flexibility index (Phi) is 9.72. The molecule has 11 heteroatoms. The van der Waals surface area contributed by atoms with Gasteiger partial charge >= 0.3 is 11.9 Å². The van der Waals surface area contributed by atoms with Gasteiger partial charge in [0.2, 0.25) is 0 Å². The molecule has 3 aromatic carbocycles. The number of esters is 1. The highest BCUT2D eigenvalue weighted by atomic mass is 32.1. The maximum atomic E-state index is 14.0. The summed E-state index contributed by atoms with van der Waals surface area (Å²) in [7, 11) is 1.54. The molecule has 1 aliphatic rings. The second kappa shape index (κ2) is 13.9. The van der Waals surface area contributed by atoms with Crippen LogP contribution in [0.25, 0.3) is 6.08 Å². The van der Waals surface area contributed by atoms with Crippen molar-refractivity contribution in [2.24, 2.45) is 4.99 Å². The van der Waals surface area contributed by atoms with Gasteiger partial charge in [0.15, 0.2) is 16.3 Å². The molecule has 46 heavy (non-hydrogen) atoms. The van der Waals surface area contributed by atoms with Gasteiger partial charge in [0.1, 0.15) is 12.4 Å². The standard InChI is InChI=1S/C35H34N2O8S/c1-6-43-34(41)30-21(4)36-35-37(31(30)25-13-16-27(45-20(2)3)28(18-25)42-5)32(38)29(46-35)17-22-9-14-26(15-10-22)44-19-23-7-11-24(12-8-23)33(39)40/h7-18,20,31H,6,19H2,1-5H3,(H,39,40)/b29-17-/t31-/m0/s1. The lowest BCUT2D eigenvalue weighted by Crippen LogP contribution is -2.40. The molecule has 0 amide bonds. The average Bonchev–Trinajstić information content (AvgIpc) is 3.33. The predicted octanol–water partition coefficient (Wildman–Crippen LogP) is 4.87. The van der Waals surface area contributed by atoms with Crippen LogP contribution >= 0.6 is 11.3 Å². The van der Waals surface area contributed by atoms with Crippen molar-refractivity contribution in [2.45, 2.75) is 46.4 Å². The van der Waals surface area contributed by atoms with E-state index in [2.05, 4.69) is 4.99 Å². The van der Waals surface area contributed by atoms with Gasteiger partial charge in [-0.1, -0.05) is 41.7 Å². The number of carbonyl (C=O) groups is 2. The van der Waals surface area contributed by atoms with Crippen LogP contribution in [0.2, 0.25) is 0 Å². The Morgan fingerprint density at radius 2 is 1.76 bits per heavy atom. The van der Waals surface area contributed by atoms with Crippen LogP contribution in [0.15, 0.2) is 87.8 Å². The Balaban J connectivity index is 1.48. The van der Waals surface area contributed by atoms with Crippen LogP contribution in [0.4, 0.5) is 0 Å². The Hall–Kier alpha value is -5.16. The molecule has 0 aliphatic carbocycles. The highest BCUT2D eigenvalue weighted by Crippen LogP contribution is 2.36. The number of fused-ring (bicyclic) bond motifs is 1. The van der Waals surface area contributed by atoms with Crippen molar-refractivity contribution in [3.63, 3.8) is 0 Å². The highest BCUT2D eigenvalue weighted by molar-refractivity contribution is 7.07. The van der Waals surface area contributed by atoms with Crippen molar-refractivity contribution in [3.8, 4) is 17.2 Å². The van der Waals surface area contributed by atoms with Gasteiger partial charge in [0.05, 0.1) is 47.2 Å². The zero-order chi connectivity index (χ0) is 33.0. The Morgan fingerprint density at radius 3 is 2.39 bits per heavy atom. The number of carboxylic acid groups (broad SMARTS) is 1. The first-order chi connectivity index (χ1) is 22.1. The van der Waals surface area contributed by atoms with E-state index in [1.807, 2.05) is 32.0 Å². The van der Waals surface area contributed by atoms with Gasteiger partial charge in [-0.2, -0.15) is 0 Å². The van der Waals surface area contributed by atoms with Crippen LogP contribution in [0.1, 0.15) is 60.8 Å². The number of thiazole rings is 1. The van der Waals surface area contributed by atoms with Crippen LogP contribution in [-0.2, 0) is 16.1 Å². The van der Waals surface area contributed by atoms with E-state index in [0.717, 1.165) is 11.1 Å². The molecule has 1 aliphatic heterocycles. The molecule has 238 valence electrons. The maximum Gasteiger partial charge on any atom is 0.338 e. The molecule has 5 rings (SSSR count). The van der Waals surface area contributed by atoms with Gasteiger partial charge in [-0.05, 0) is 86.9 Å². The van der Waals surface area contributed by atoms with E-state index in [4.69, 9.17) is 24.1 Å². The van der Waals surface area contributed by atoms with Gasteiger partial charge in [-0.25, -0.2) is 14.6 Å². The molecule has 4 aromatic rings. The predicted molar refractivity (Wildman–Crippen MR) is 173 cm³/mol. The summed E-state index contributed by atoms with van der Waals surface area (Å²) in [5, 5.41) is 9.07.